The third-order valence-corrected chi connectivity index (χ3v) is 6.85. The van der Waals surface area contributed by atoms with Crippen LogP contribution in [0.4, 0.5) is 5.69 Å². The number of anilines is 1. The minimum absolute atomic E-state index is 0.0913. The quantitative estimate of drug-likeness (QED) is 0.573. The van der Waals surface area contributed by atoms with Crippen LogP contribution in [0.5, 0.6) is 0 Å². The molecular formula is C22H30N2O5S. The highest BCUT2D eigenvalue weighted by Gasteiger charge is 2.25. The van der Waals surface area contributed by atoms with Gasteiger partial charge in [-0.15, -0.1) is 0 Å². The molecule has 0 radical (unpaired) electrons. The number of ether oxygens (including phenoxy) is 1. The van der Waals surface area contributed by atoms with Crippen molar-refractivity contribution in [1.29, 1.82) is 0 Å². The van der Waals surface area contributed by atoms with Crippen LogP contribution in [0.15, 0.2) is 39.8 Å². The van der Waals surface area contributed by atoms with Crippen molar-refractivity contribution in [2.75, 3.05) is 11.8 Å². The average molecular weight is 435 g/mol. The highest BCUT2D eigenvalue weighted by Crippen LogP contribution is 2.29. The molecule has 1 aromatic carbocycles. The number of carbonyl (C=O) groups excluding carboxylic acids is 1. The summed E-state index contributed by atoms with van der Waals surface area (Å²) in [5, 5.41) is 3.19. The topological polar surface area (TPSA) is 97.6 Å². The number of aryl methyl sites for hydroxylation is 1. The van der Waals surface area contributed by atoms with Gasteiger partial charge in [0.2, 0.25) is 5.09 Å². The second-order valence-electron chi connectivity index (χ2n) is 7.96. The van der Waals surface area contributed by atoms with Crippen LogP contribution in [0.3, 0.4) is 0 Å². The minimum atomic E-state index is -3.99. The van der Waals surface area contributed by atoms with Crippen molar-refractivity contribution in [3.63, 3.8) is 0 Å². The molecule has 0 saturated heterocycles. The van der Waals surface area contributed by atoms with E-state index in [2.05, 4.69) is 21.7 Å². The number of hydrogen-bond acceptors (Lipinski definition) is 6. The van der Waals surface area contributed by atoms with Crippen molar-refractivity contribution in [3.05, 3.63) is 47.2 Å². The highest BCUT2D eigenvalue weighted by molar-refractivity contribution is 7.92. The number of sulfonamides is 1. The van der Waals surface area contributed by atoms with Crippen molar-refractivity contribution < 1.29 is 22.4 Å². The molecule has 1 aliphatic carbocycles. The molecule has 2 aromatic rings. The molecule has 0 bridgehead atoms. The van der Waals surface area contributed by atoms with E-state index in [1.165, 1.54) is 45.8 Å². The van der Waals surface area contributed by atoms with E-state index in [0.717, 1.165) is 17.9 Å². The molecule has 1 aromatic heterocycles. The number of methoxy groups -OCH3 is 1. The molecular weight excluding hydrogens is 404 g/mol. The summed E-state index contributed by atoms with van der Waals surface area (Å²) in [5.74, 6) is 0.337. The number of rotatable bonds is 9. The number of hydrogen-bond donors (Lipinski definition) is 2. The molecule has 3 rings (SSSR count). The average Bonchev–Trinajstić information content (AvgIpc) is 3.36. The molecule has 1 saturated carbocycles. The molecule has 1 fully saturated rings. The van der Waals surface area contributed by atoms with Crippen molar-refractivity contribution in [1.82, 2.24) is 5.32 Å². The monoisotopic (exact) mass is 434 g/mol. The van der Waals surface area contributed by atoms with Gasteiger partial charge in [-0.25, -0.2) is 4.79 Å². The maximum Gasteiger partial charge on any atom is 0.341 e. The predicted octanol–water partition coefficient (Wildman–Crippen LogP) is 4.23. The van der Waals surface area contributed by atoms with Crippen molar-refractivity contribution in [2.45, 2.75) is 63.6 Å². The van der Waals surface area contributed by atoms with Crippen molar-refractivity contribution >= 4 is 21.7 Å². The standard InChI is InChI=1S/C22H30N2O5S/c1-15(12-17-8-4-5-9-17)23-14-18-10-6-7-11-20(18)24-30(26,27)21-13-19(16(2)29-21)22(25)28-3/h6-7,10-11,13,15,17,23-24H,4-5,8-9,12,14H2,1-3H3/t15-/m0/s1. The molecule has 1 atom stereocenters. The van der Waals surface area contributed by atoms with Gasteiger partial charge in [-0.2, -0.15) is 8.42 Å². The second-order valence-corrected chi connectivity index (χ2v) is 9.57. The van der Waals surface area contributed by atoms with E-state index in [9.17, 15) is 13.2 Å². The molecule has 1 aliphatic rings. The molecule has 1 heterocycles. The number of benzene rings is 1. The van der Waals surface area contributed by atoms with Gasteiger partial charge in [-0.1, -0.05) is 43.9 Å². The molecule has 164 valence electrons. The van der Waals surface area contributed by atoms with Crippen LogP contribution in [-0.2, 0) is 21.3 Å². The fourth-order valence-electron chi connectivity index (χ4n) is 3.98. The lowest BCUT2D eigenvalue weighted by Crippen LogP contribution is -2.28. The first-order valence-corrected chi connectivity index (χ1v) is 11.8. The van der Waals surface area contributed by atoms with E-state index in [4.69, 9.17) is 4.42 Å². The minimum Gasteiger partial charge on any atom is -0.465 e. The Morgan fingerprint density at radius 2 is 1.97 bits per heavy atom. The van der Waals surface area contributed by atoms with Gasteiger partial charge in [-0.05, 0) is 37.8 Å². The summed E-state index contributed by atoms with van der Waals surface area (Å²) < 4.78 is 38.2. The molecule has 0 amide bonds. The zero-order chi connectivity index (χ0) is 21.7. The summed E-state index contributed by atoms with van der Waals surface area (Å²) in [5.41, 5.74) is 1.41. The van der Waals surface area contributed by atoms with Gasteiger partial charge in [0.15, 0.2) is 0 Å². The Hall–Kier alpha value is -2.32. The molecule has 0 aliphatic heterocycles. The van der Waals surface area contributed by atoms with E-state index >= 15 is 0 Å². The first-order chi connectivity index (χ1) is 14.3. The van der Waals surface area contributed by atoms with Crippen molar-refractivity contribution in [2.24, 2.45) is 5.92 Å². The maximum absolute atomic E-state index is 12.8. The molecule has 30 heavy (non-hydrogen) atoms. The van der Waals surface area contributed by atoms with E-state index in [1.807, 2.05) is 12.1 Å². The Morgan fingerprint density at radius 1 is 1.27 bits per heavy atom. The van der Waals surface area contributed by atoms with Gasteiger partial charge in [0.05, 0.1) is 12.8 Å². The zero-order valence-corrected chi connectivity index (χ0v) is 18.6. The maximum atomic E-state index is 12.8. The third kappa shape index (κ3) is 5.43. The zero-order valence-electron chi connectivity index (χ0n) is 17.7. The van der Waals surface area contributed by atoms with Crippen LogP contribution < -0.4 is 10.0 Å². The van der Waals surface area contributed by atoms with Gasteiger partial charge >= 0.3 is 5.97 Å². The summed E-state index contributed by atoms with van der Waals surface area (Å²) in [7, 11) is -2.75. The van der Waals surface area contributed by atoms with E-state index in [-0.39, 0.29) is 16.4 Å². The van der Waals surface area contributed by atoms with Crippen LogP contribution in [0.1, 0.15) is 60.7 Å². The van der Waals surface area contributed by atoms with Gasteiger partial charge in [0.25, 0.3) is 10.0 Å². The lowest BCUT2D eigenvalue weighted by atomic mass is 9.99. The Labute approximate surface area is 178 Å². The van der Waals surface area contributed by atoms with Gasteiger partial charge in [0, 0.05) is 18.7 Å². The van der Waals surface area contributed by atoms with Crippen LogP contribution >= 0.6 is 0 Å². The first kappa shape index (κ1) is 22.4. The number of furan rings is 1. The van der Waals surface area contributed by atoms with E-state index in [0.29, 0.717) is 18.3 Å². The Morgan fingerprint density at radius 3 is 2.67 bits per heavy atom. The Bertz CT molecular complexity index is 977. The summed E-state index contributed by atoms with van der Waals surface area (Å²) >= 11 is 0. The molecule has 7 nitrogen and oxygen atoms in total. The molecule has 0 spiro atoms. The van der Waals surface area contributed by atoms with Crippen LogP contribution in [0.25, 0.3) is 0 Å². The summed E-state index contributed by atoms with van der Waals surface area (Å²) in [6.07, 6.45) is 6.39. The Kier molecular flexibility index (Phi) is 7.20. The smallest absolute Gasteiger partial charge is 0.341 e. The van der Waals surface area contributed by atoms with Crippen LogP contribution in [0, 0.1) is 12.8 Å². The number of carbonyl (C=O) groups is 1. The van der Waals surface area contributed by atoms with Crippen molar-refractivity contribution in [3.8, 4) is 0 Å². The lowest BCUT2D eigenvalue weighted by molar-refractivity contribution is 0.0598. The first-order valence-electron chi connectivity index (χ1n) is 10.3. The van der Waals surface area contributed by atoms with Gasteiger partial charge < -0.3 is 14.5 Å². The Balaban J connectivity index is 1.70. The predicted molar refractivity (Wildman–Crippen MR) is 115 cm³/mol. The largest absolute Gasteiger partial charge is 0.465 e. The number of nitrogens with one attached hydrogen (secondary N) is 2. The third-order valence-electron chi connectivity index (χ3n) is 5.63. The van der Waals surface area contributed by atoms with E-state index in [1.54, 1.807) is 12.1 Å². The van der Waals surface area contributed by atoms with Crippen LogP contribution in [-0.4, -0.2) is 27.5 Å². The normalized spacial score (nSPS) is 15.8. The SMILES string of the molecule is COC(=O)c1cc(S(=O)(=O)Nc2ccccc2CN[C@@H](C)CC2CCCC2)oc1C. The van der Waals surface area contributed by atoms with Crippen LogP contribution in [0.2, 0.25) is 0 Å². The summed E-state index contributed by atoms with van der Waals surface area (Å²) in [6.45, 7) is 4.25. The lowest BCUT2D eigenvalue weighted by Gasteiger charge is -2.19. The summed E-state index contributed by atoms with van der Waals surface area (Å²) in [4.78, 5) is 11.8. The fourth-order valence-corrected chi connectivity index (χ4v) is 5.08. The van der Waals surface area contributed by atoms with Gasteiger partial charge in [-0.3, -0.25) is 4.72 Å². The summed E-state index contributed by atoms with van der Waals surface area (Å²) in [6, 6.07) is 8.80. The molecule has 2 N–H and O–H groups in total. The van der Waals surface area contributed by atoms with Gasteiger partial charge in [0.1, 0.15) is 11.3 Å². The molecule has 0 unspecified atom stereocenters. The highest BCUT2D eigenvalue weighted by atomic mass is 32.2. The van der Waals surface area contributed by atoms with E-state index < -0.39 is 16.0 Å². The molecule has 8 heteroatoms. The fraction of sp³-hybridized carbons (Fsp3) is 0.500. The number of para-hydroxylation sites is 1. The second kappa shape index (κ2) is 9.66. The number of esters is 1.